The van der Waals surface area contributed by atoms with Crippen LogP contribution in [0.2, 0.25) is 0 Å². The van der Waals surface area contributed by atoms with Gasteiger partial charge in [0, 0.05) is 11.0 Å². The molecular weight excluding hydrogens is 532 g/mol. The van der Waals surface area contributed by atoms with Gasteiger partial charge in [0.25, 0.3) is 0 Å². The van der Waals surface area contributed by atoms with E-state index < -0.39 is 59.2 Å². The largest absolute Gasteiger partial charge is 0.455 e. The van der Waals surface area contributed by atoms with E-state index in [1.807, 2.05) is 13.8 Å². The van der Waals surface area contributed by atoms with Gasteiger partial charge in [-0.3, -0.25) is 0 Å². The maximum atomic E-state index is 13.1. The third-order valence-corrected chi connectivity index (χ3v) is 14.5. The normalized spacial score (nSPS) is 51.3. The van der Waals surface area contributed by atoms with Crippen LogP contribution in [0.5, 0.6) is 0 Å². The molecule has 5 rings (SSSR count). The standard InChI is InChI=1S/C35H56O7/c1-10-19(2)29(41)42-28-27(40)30(3,4)17-21-20-11-12-23-32(7)15-14-24(37)31(5,6)22(32)13-16-33(23,8)34(20,9)25(38)26(39)35(21,28)18-36/h10-11,21-28,36-40H,12-18H2,1-9H3/b19-10+/t21-,22-,23+,24-,25-,26+,27-,28-,32-,33+,34-,35-/m0/s1. The van der Waals surface area contributed by atoms with E-state index in [4.69, 9.17) is 4.74 Å². The molecule has 12 atom stereocenters. The van der Waals surface area contributed by atoms with Crippen molar-refractivity contribution in [2.45, 2.75) is 131 Å². The van der Waals surface area contributed by atoms with Gasteiger partial charge in [0.15, 0.2) is 0 Å². The van der Waals surface area contributed by atoms with Gasteiger partial charge in [0.2, 0.25) is 0 Å². The Morgan fingerprint density at radius 2 is 1.60 bits per heavy atom. The van der Waals surface area contributed by atoms with Crippen molar-refractivity contribution in [3.05, 3.63) is 23.3 Å². The van der Waals surface area contributed by atoms with E-state index in [0.29, 0.717) is 17.9 Å². The Hall–Kier alpha value is -1.25. The number of hydrogen-bond acceptors (Lipinski definition) is 7. The maximum Gasteiger partial charge on any atom is 0.333 e. The van der Waals surface area contributed by atoms with Crippen LogP contribution in [0.25, 0.3) is 0 Å². The summed E-state index contributed by atoms with van der Waals surface area (Å²) in [7, 11) is 0. The molecule has 4 saturated carbocycles. The van der Waals surface area contributed by atoms with E-state index in [1.54, 1.807) is 19.9 Å². The number of carbonyl (C=O) groups excluding carboxylic acids is 1. The number of rotatable bonds is 3. The molecule has 7 nitrogen and oxygen atoms in total. The van der Waals surface area contributed by atoms with E-state index in [9.17, 15) is 30.3 Å². The van der Waals surface area contributed by atoms with E-state index >= 15 is 0 Å². The fraction of sp³-hybridized carbons (Fsp3) is 0.857. The van der Waals surface area contributed by atoms with Crippen LogP contribution in [0.3, 0.4) is 0 Å². The number of esters is 1. The summed E-state index contributed by atoms with van der Waals surface area (Å²) in [5, 5.41) is 58.3. The second-order valence-electron chi connectivity index (χ2n) is 16.7. The van der Waals surface area contributed by atoms with E-state index in [1.165, 1.54) is 0 Å². The van der Waals surface area contributed by atoms with Gasteiger partial charge in [-0.05, 0) is 91.8 Å². The molecule has 0 aromatic carbocycles. The molecule has 0 unspecified atom stereocenters. The number of aliphatic hydroxyl groups is 5. The highest BCUT2D eigenvalue weighted by Crippen LogP contribution is 2.75. The van der Waals surface area contributed by atoms with Gasteiger partial charge < -0.3 is 30.3 Å². The first-order chi connectivity index (χ1) is 19.3. The summed E-state index contributed by atoms with van der Waals surface area (Å²) in [6.07, 6.45) is 3.34. The lowest BCUT2D eigenvalue weighted by Gasteiger charge is -2.73. The van der Waals surface area contributed by atoms with Crippen LogP contribution in [-0.4, -0.2) is 68.6 Å². The molecule has 7 heteroatoms. The van der Waals surface area contributed by atoms with Gasteiger partial charge >= 0.3 is 5.97 Å². The highest BCUT2D eigenvalue weighted by molar-refractivity contribution is 5.87. The Morgan fingerprint density at radius 1 is 0.952 bits per heavy atom. The number of hydrogen-bond donors (Lipinski definition) is 5. The van der Waals surface area contributed by atoms with Crippen molar-refractivity contribution in [2.24, 2.45) is 50.2 Å². The Labute approximate surface area is 252 Å². The van der Waals surface area contributed by atoms with Crippen LogP contribution < -0.4 is 0 Å². The summed E-state index contributed by atoms with van der Waals surface area (Å²) >= 11 is 0. The molecule has 0 spiro atoms. The first-order valence-electron chi connectivity index (χ1n) is 16.2. The fourth-order valence-electron chi connectivity index (χ4n) is 11.4. The van der Waals surface area contributed by atoms with Gasteiger partial charge in [0.1, 0.15) is 6.10 Å². The summed E-state index contributed by atoms with van der Waals surface area (Å²) in [5.74, 6) is -0.421. The number of allylic oxidation sites excluding steroid dienone is 2. The minimum absolute atomic E-state index is 0.0406. The highest BCUT2D eigenvalue weighted by atomic mass is 16.6. The van der Waals surface area contributed by atoms with Crippen molar-refractivity contribution >= 4 is 5.97 Å². The predicted octanol–water partition coefficient (Wildman–Crippen LogP) is 4.54. The summed E-state index contributed by atoms with van der Waals surface area (Å²) < 4.78 is 6.00. The zero-order chi connectivity index (χ0) is 31.4. The molecule has 0 saturated heterocycles. The number of carbonyl (C=O) groups is 1. The first kappa shape index (κ1) is 32.2. The third kappa shape index (κ3) is 3.79. The average molecular weight is 589 g/mol. The predicted molar refractivity (Wildman–Crippen MR) is 161 cm³/mol. The molecule has 0 amide bonds. The van der Waals surface area contributed by atoms with E-state index in [0.717, 1.165) is 37.7 Å². The lowest BCUT2D eigenvalue weighted by atomic mass is 9.32. The zero-order valence-electron chi connectivity index (χ0n) is 27.3. The van der Waals surface area contributed by atoms with E-state index in [-0.39, 0.29) is 28.3 Å². The van der Waals surface area contributed by atoms with Crippen molar-refractivity contribution in [3.8, 4) is 0 Å². The molecule has 0 heterocycles. The molecule has 5 N–H and O–H groups in total. The van der Waals surface area contributed by atoms with Crippen molar-refractivity contribution in [2.75, 3.05) is 6.61 Å². The molecule has 0 radical (unpaired) electrons. The van der Waals surface area contributed by atoms with Crippen LogP contribution in [-0.2, 0) is 9.53 Å². The van der Waals surface area contributed by atoms with Gasteiger partial charge in [-0.2, -0.15) is 0 Å². The van der Waals surface area contributed by atoms with Crippen LogP contribution in [0.1, 0.15) is 101 Å². The topological polar surface area (TPSA) is 127 Å². The van der Waals surface area contributed by atoms with Crippen molar-refractivity contribution < 1.29 is 35.1 Å². The van der Waals surface area contributed by atoms with Crippen LogP contribution in [0.4, 0.5) is 0 Å². The summed E-state index contributed by atoms with van der Waals surface area (Å²) in [6, 6.07) is 0. The highest BCUT2D eigenvalue weighted by Gasteiger charge is 2.75. The smallest absolute Gasteiger partial charge is 0.333 e. The summed E-state index contributed by atoms with van der Waals surface area (Å²) in [4.78, 5) is 13.1. The second kappa shape index (κ2) is 9.87. The second-order valence-corrected chi connectivity index (χ2v) is 16.7. The molecule has 42 heavy (non-hydrogen) atoms. The molecule has 0 bridgehead atoms. The first-order valence-corrected chi connectivity index (χ1v) is 16.2. The SMILES string of the molecule is C/C=C(\C)C(=O)O[C@H]1[C@H](O)C(C)(C)C[C@H]2C3=CC[C@@H]4[C@@]5(C)CC[C@H](O)C(C)(C)[C@@H]5CC[C@@]4(C)[C@]3(C)[C@@H](O)[C@@H](O)[C@]21CO. The van der Waals surface area contributed by atoms with Gasteiger partial charge in [-0.1, -0.05) is 66.2 Å². The fourth-order valence-corrected chi connectivity index (χ4v) is 11.4. The minimum Gasteiger partial charge on any atom is -0.455 e. The monoisotopic (exact) mass is 588 g/mol. The van der Waals surface area contributed by atoms with Gasteiger partial charge in [-0.25, -0.2) is 4.79 Å². The van der Waals surface area contributed by atoms with Crippen LogP contribution in [0, 0.1) is 50.2 Å². The third-order valence-electron chi connectivity index (χ3n) is 14.5. The molecule has 0 aromatic rings. The maximum absolute atomic E-state index is 13.1. The summed E-state index contributed by atoms with van der Waals surface area (Å²) in [6.45, 7) is 17.9. The van der Waals surface area contributed by atoms with Crippen molar-refractivity contribution in [1.82, 2.24) is 0 Å². The molecule has 238 valence electrons. The lowest BCUT2D eigenvalue weighted by molar-refractivity contribution is -0.290. The van der Waals surface area contributed by atoms with E-state index in [2.05, 4.69) is 40.7 Å². The van der Waals surface area contributed by atoms with Gasteiger partial charge in [0.05, 0.1) is 36.4 Å². The molecule has 0 aromatic heterocycles. The molecule has 5 aliphatic rings. The molecule has 0 aliphatic heterocycles. The van der Waals surface area contributed by atoms with Crippen LogP contribution >= 0.6 is 0 Å². The Kier molecular flexibility index (Phi) is 7.56. The number of ether oxygens (including phenoxy) is 1. The molecular formula is C35H56O7. The quantitative estimate of drug-likeness (QED) is 0.186. The Balaban J connectivity index is 1.67. The van der Waals surface area contributed by atoms with Gasteiger partial charge in [-0.15, -0.1) is 0 Å². The minimum atomic E-state index is -1.45. The van der Waals surface area contributed by atoms with Crippen molar-refractivity contribution in [1.29, 1.82) is 0 Å². The molecule has 4 fully saturated rings. The Bertz CT molecular complexity index is 1170. The zero-order valence-corrected chi connectivity index (χ0v) is 27.3. The lowest BCUT2D eigenvalue weighted by Crippen LogP contribution is -2.76. The average Bonchev–Trinajstić information content (AvgIpc) is 2.92. The summed E-state index contributed by atoms with van der Waals surface area (Å²) in [5.41, 5.74) is -2.12. The number of fused-ring (bicyclic) bond motifs is 7. The Morgan fingerprint density at radius 3 is 2.19 bits per heavy atom. The number of aliphatic hydroxyl groups excluding tert-OH is 5. The van der Waals surface area contributed by atoms with Crippen molar-refractivity contribution in [3.63, 3.8) is 0 Å². The van der Waals surface area contributed by atoms with Crippen LogP contribution in [0.15, 0.2) is 23.3 Å². The molecule has 5 aliphatic carbocycles.